The first kappa shape index (κ1) is 61.3. The summed E-state index contributed by atoms with van der Waals surface area (Å²) < 4.78 is 18.7. The number of para-hydroxylation sites is 2. The predicted molar refractivity (Wildman–Crippen MR) is 432 cm³/mol. The normalized spacial score (nSPS) is 13.2. The van der Waals surface area contributed by atoms with Crippen LogP contribution in [0.2, 0.25) is 0 Å². The molecule has 0 amide bonds. The molecule has 17 aromatic carbocycles. The minimum Gasteiger partial charge on any atom is -0.537 e. The van der Waals surface area contributed by atoms with E-state index in [2.05, 4.69) is 317 Å². The lowest BCUT2D eigenvalue weighted by Gasteiger charge is -2.23. The molecule has 0 saturated heterocycles. The van der Waals surface area contributed by atoms with Gasteiger partial charge in [-0.2, -0.15) is 0 Å². The van der Waals surface area contributed by atoms with Crippen LogP contribution in [0.25, 0.3) is 175 Å². The first-order valence-corrected chi connectivity index (χ1v) is 35.7. The fraction of sp³-hybridized carbons (Fsp3) is 0.0625. The molecule has 0 unspecified atom stereocenters. The minimum atomic E-state index is -0.0754. The highest BCUT2D eigenvalue weighted by Crippen LogP contribution is 2.55. The van der Waals surface area contributed by atoms with Crippen LogP contribution >= 0.6 is 15.9 Å². The lowest BCUT2D eigenvalue weighted by molar-refractivity contribution is 0.454. The molecule has 0 saturated carbocycles. The molecule has 1 N–H and O–H groups in total. The second-order valence-corrected chi connectivity index (χ2v) is 29.1. The van der Waals surface area contributed by atoms with E-state index < -0.39 is 0 Å². The fourth-order valence-corrected chi connectivity index (χ4v) is 17.8. The second-order valence-electron chi connectivity index (χ2n) is 28.2. The average molecular weight is 1370 g/mol. The van der Waals surface area contributed by atoms with Crippen LogP contribution in [0.4, 0.5) is 0 Å². The van der Waals surface area contributed by atoms with Gasteiger partial charge in [0.2, 0.25) is 0 Å². The van der Waals surface area contributed by atoms with Crippen LogP contribution in [0.1, 0.15) is 49.9 Å². The van der Waals surface area contributed by atoms with E-state index in [4.69, 9.17) is 18.5 Å². The zero-order chi connectivity index (χ0) is 68.5. The number of hydrogen-bond donors (Lipinski definition) is 1. The minimum absolute atomic E-state index is 0.0617. The number of benzene rings is 17. The van der Waals surface area contributed by atoms with Crippen molar-refractivity contribution in [3.63, 3.8) is 0 Å². The molecule has 0 bridgehead atoms. The smallest absolute Gasteiger partial charge is 0.537 e. The van der Waals surface area contributed by atoms with E-state index in [1.54, 1.807) is 0 Å². The topological polar surface area (TPSA) is 55.7 Å². The van der Waals surface area contributed by atoms with Crippen LogP contribution in [0, 0.1) is 0 Å². The standard InChI is InChI=1S/C45H30O.C32H20BO3.C19H15Br/c1-45(2)39-23-20-28(25-37(39)36-22-19-27-11-3-4-12-30(27)44(36)45)42-32-14-5-7-16-34(32)43(35-17-8-6-15-33(35)42)29-21-24-41-38(26-29)31-13-9-10-18-40(31)46-41;34-33-36-22-9-7-8-20(18-22)31-24-11-1-3-13-26(24)32(27-14-4-2-12-25(27)31)21-16-17-30-28(19-21)23-10-5-6-15-29(23)35-30;1-19(2)17-10-8-13(20)11-16(17)15-9-7-12-5-3-4-6-14(12)18(15)19/h3-26H,1-2H3;1-19,34H;3-11H,1-2H3. The van der Waals surface area contributed by atoms with Gasteiger partial charge in [0.25, 0.3) is 0 Å². The Kier molecular flexibility index (Phi) is 14.4. The van der Waals surface area contributed by atoms with Crippen molar-refractivity contribution in [3.8, 4) is 72.5 Å². The lowest BCUT2D eigenvalue weighted by Crippen LogP contribution is -2.15. The summed E-state index contributed by atoms with van der Waals surface area (Å²) in [7, 11) is 0.716. The van der Waals surface area contributed by atoms with E-state index >= 15 is 0 Å². The third-order valence-corrected chi connectivity index (χ3v) is 22.3. The quantitative estimate of drug-likeness (QED) is 0.133. The molecule has 102 heavy (non-hydrogen) atoms. The Morgan fingerprint density at radius 2 is 0.627 bits per heavy atom. The van der Waals surface area contributed by atoms with Crippen molar-refractivity contribution in [1.82, 2.24) is 0 Å². The summed E-state index contributed by atoms with van der Waals surface area (Å²) in [4.78, 5) is 0. The summed E-state index contributed by atoms with van der Waals surface area (Å²) in [6.45, 7) is 9.42. The summed E-state index contributed by atoms with van der Waals surface area (Å²) in [5.74, 6) is 0.588. The maximum atomic E-state index is 9.16. The van der Waals surface area contributed by atoms with Crippen molar-refractivity contribution in [1.29, 1.82) is 0 Å². The van der Waals surface area contributed by atoms with Gasteiger partial charge < -0.3 is 18.5 Å². The van der Waals surface area contributed by atoms with Crippen molar-refractivity contribution in [2.45, 2.75) is 38.5 Å². The van der Waals surface area contributed by atoms with E-state index in [-0.39, 0.29) is 10.8 Å². The summed E-state index contributed by atoms with van der Waals surface area (Å²) in [5, 5.41) is 28.8. The van der Waals surface area contributed by atoms with Gasteiger partial charge in [0, 0.05) is 36.8 Å². The SMILES string of the molecule is CC1(C)c2ccc(-c3c4ccccc4c(-c4ccc5oc6ccccc6c5c4)c4ccccc34)cc2-c2ccc3ccccc3c21.CC1(C)c2ccc(Br)cc2-c2ccc3ccccc3c21.O[B]Oc1cccc(-c2c3ccccc3c(-c3ccc4oc5ccccc5c4c3)c3ccccc23)c1. The molecule has 0 aliphatic heterocycles. The highest BCUT2D eigenvalue weighted by molar-refractivity contribution is 9.10. The van der Waals surface area contributed by atoms with E-state index in [9.17, 15) is 0 Å². The molecule has 0 atom stereocenters. The Morgan fingerprint density at radius 3 is 1.06 bits per heavy atom. The number of rotatable bonds is 6. The van der Waals surface area contributed by atoms with Crippen LogP contribution in [0.3, 0.4) is 0 Å². The van der Waals surface area contributed by atoms with Gasteiger partial charge >= 0.3 is 7.69 Å². The van der Waals surface area contributed by atoms with Crippen molar-refractivity contribution >= 4 is 132 Å². The Labute approximate surface area is 599 Å². The van der Waals surface area contributed by atoms with Crippen molar-refractivity contribution in [2.75, 3.05) is 0 Å². The molecule has 0 spiro atoms. The molecule has 2 heterocycles. The highest BCUT2D eigenvalue weighted by Gasteiger charge is 2.39. The average Bonchev–Trinajstić information content (AvgIpc) is 1.45. The van der Waals surface area contributed by atoms with Crippen molar-refractivity contribution < 1.29 is 18.5 Å². The van der Waals surface area contributed by atoms with Gasteiger partial charge in [-0.1, -0.05) is 292 Å². The first-order valence-electron chi connectivity index (χ1n) is 34.9. The Bertz CT molecular complexity index is 6570. The molecule has 2 aliphatic carbocycles. The predicted octanol–water partition coefficient (Wildman–Crippen LogP) is 26.7. The van der Waals surface area contributed by atoms with Crippen LogP contribution in [-0.2, 0) is 10.8 Å². The molecule has 483 valence electrons. The summed E-state index contributed by atoms with van der Waals surface area (Å²) >= 11 is 3.60. The molecule has 21 rings (SSSR count). The highest BCUT2D eigenvalue weighted by atomic mass is 79.9. The molecular weight excluding hydrogens is 1310 g/mol. The Hall–Kier alpha value is -11.8. The zero-order valence-electron chi connectivity index (χ0n) is 56.6. The van der Waals surface area contributed by atoms with Gasteiger partial charge in [-0.15, -0.1) is 0 Å². The van der Waals surface area contributed by atoms with E-state index in [1.165, 1.54) is 126 Å². The Morgan fingerprint density at radius 1 is 0.284 bits per heavy atom. The van der Waals surface area contributed by atoms with Gasteiger partial charge in [0.15, 0.2) is 0 Å². The van der Waals surface area contributed by atoms with Crippen LogP contribution in [-0.4, -0.2) is 12.7 Å². The lowest BCUT2D eigenvalue weighted by atomic mass is 9.80. The molecule has 4 nitrogen and oxygen atoms in total. The summed E-state index contributed by atoms with van der Waals surface area (Å²) in [6, 6.07) is 113. The molecule has 2 aromatic heterocycles. The van der Waals surface area contributed by atoms with Gasteiger partial charge in [-0.05, 0) is 220 Å². The molecule has 6 heteroatoms. The van der Waals surface area contributed by atoms with Crippen LogP contribution in [0.15, 0.2) is 329 Å². The van der Waals surface area contributed by atoms with Gasteiger partial charge in [-0.3, -0.25) is 0 Å². The van der Waals surface area contributed by atoms with E-state index in [0.717, 1.165) is 75.8 Å². The third kappa shape index (κ3) is 9.68. The molecule has 19 aromatic rings. The molecular formula is C96H65BBrO4. The van der Waals surface area contributed by atoms with E-state index in [0.29, 0.717) is 13.4 Å². The van der Waals surface area contributed by atoms with Crippen molar-refractivity contribution in [2.24, 2.45) is 0 Å². The second kappa shape index (κ2) is 24.0. The van der Waals surface area contributed by atoms with Crippen LogP contribution in [0.5, 0.6) is 5.75 Å². The Balaban J connectivity index is 0.000000114. The molecule has 1 radical (unpaired) electrons. The maximum Gasteiger partial charge on any atom is 0.569 e. The van der Waals surface area contributed by atoms with Crippen molar-refractivity contribution in [3.05, 3.63) is 342 Å². The van der Waals surface area contributed by atoms with Gasteiger partial charge in [-0.25, -0.2) is 0 Å². The first-order chi connectivity index (χ1) is 50.0. The van der Waals surface area contributed by atoms with Gasteiger partial charge in [0.05, 0.1) is 0 Å². The third-order valence-electron chi connectivity index (χ3n) is 21.8. The number of halogens is 1. The summed E-state index contributed by atoms with van der Waals surface area (Å²) in [6.07, 6.45) is 0. The number of furan rings is 2. The number of hydrogen-bond acceptors (Lipinski definition) is 4. The van der Waals surface area contributed by atoms with E-state index in [1.807, 2.05) is 42.5 Å². The number of fused-ring (bicyclic) bond motifs is 20. The fourth-order valence-electron chi connectivity index (χ4n) is 17.4. The largest absolute Gasteiger partial charge is 0.569 e. The van der Waals surface area contributed by atoms with Gasteiger partial charge in [0.1, 0.15) is 28.1 Å². The zero-order valence-corrected chi connectivity index (χ0v) is 58.2. The summed E-state index contributed by atoms with van der Waals surface area (Å²) in [5.41, 5.74) is 24.3. The van der Waals surface area contributed by atoms with Crippen LogP contribution < -0.4 is 4.65 Å². The monoisotopic (exact) mass is 1370 g/mol. The molecule has 2 aliphatic rings. The maximum absolute atomic E-state index is 9.16. The molecule has 0 fully saturated rings.